The highest BCUT2D eigenvalue weighted by Crippen LogP contribution is 2.30. The standard InChI is InChI=1S/C14H13Br2N3/c15-10-6-5-8(7-11(10)16)14-18-12-4-2-1-3-9(12)13(17)19-14/h5-7H,1-4H2,(H2,17,18,19). The van der Waals surface area contributed by atoms with Crippen molar-refractivity contribution in [2.45, 2.75) is 25.7 Å². The number of aromatic nitrogens is 2. The summed E-state index contributed by atoms with van der Waals surface area (Å²) in [6, 6.07) is 5.99. The molecule has 3 nitrogen and oxygen atoms in total. The van der Waals surface area contributed by atoms with Gasteiger partial charge in [0.1, 0.15) is 5.82 Å². The zero-order valence-electron chi connectivity index (χ0n) is 10.3. The zero-order valence-corrected chi connectivity index (χ0v) is 13.5. The number of hydrogen-bond acceptors (Lipinski definition) is 3. The van der Waals surface area contributed by atoms with Gasteiger partial charge in [0.2, 0.25) is 0 Å². The molecule has 1 aliphatic rings. The summed E-state index contributed by atoms with van der Waals surface area (Å²) in [4.78, 5) is 9.15. The van der Waals surface area contributed by atoms with Crippen molar-refractivity contribution in [3.8, 4) is 11.4 Å². The minimum Gasteiger partial charge on any atom is -0.383 e. The Balaban J connectivity index is 2.10. The lowest BCUT2D eigenvalue weighted by atomic mass is 9.96. The fourth-order valence-corrected chi connectivity index (χ4v) is 3.01. The number of fused-ring (bicyclic) bond motifs is 1. The van der Waals surface area contributed by atoms with Gasteiger partial charge in [-0.25, -0.2) is 9.97 Å². The first kappa shape index (κ1) is 13.1. The molecule has 0 atom stereocenters. The maximum Gasteiger partial charge on any atom is 0.161 e. The molecule has 0 saturated heterocycles. The predicted molar refractivity (Wildman–Crippen MR) is 83.9 cm³/mol. The molecule has 2 aromatic rings. The number of nitrogens with two attached hydrogens (primary N) is 1. The third kappa shape index (κ3) is 2.54. The quantitative estimate of drug-likeness (QED) is 0.806. The molecule has 0 aliphatic heterocycles. The summed E-state index contributed by atoms with van der Waals surface area (Å²) >= 11 is 6.97. The summed E-state index contributed by atoms with van der Waals surface area (Å²) in [5.41, 5.74) is 9.32. The zero-order chi connectivity index (χ0) is 13.4. The SMILES string of the molecule is Nc1nc(-c2ccc(Br)c(Br)c2)nc2c1CCCC2. The molecular formula is C14H13Br2N3. The van der Waals surface area contributed by atoms with E-state index in [0.717, 1.165) is 38.6 Å². The van der Waals surface area contributed by atoms with Gasteiger partial charge in [0.25, 0.3) is 0 Å². The Morgan fingerprint density at radius 2 is 1.79 bits per heavy atom. The number of anilines is 1. The third-order valence-electron chi connectivity index (χ3n) is 3.39. The van der Waals surface area contributed by atoms with Crippen LogP contribution in [0.4, 0.5) is 5.82 Å². The van der Waals surface area contributed by atoms with Crippen LogP contribution in [-0.2, 0) is 12.8 Å². The lowest BCUT2D eigenvalue weighted by molar-refractivity contribution is 0.666. The highest BCUT2D eigenvalue weighted by Gasteiger charge is 2.17. The first-order valence-corrected chi connectivity index (χ1v) is 7.84. The number of nitrogen functional groups attached to an aromatic ring is 1. The number of aryl methyl sites for hydroxylation is 1. The molecule has 1 aromatic heterocycles. The van der Waals surface area contributed by atoms with Crippen molar-refractivity contribution >= 4 is 37.7 Å². The number of halogens is 2. The Morgan fingerprint density at radius 1 is 1.00 bits per heavy atom. The van der Waals surface area contributed by atoms with Crippen LogP contribution in [0.2, 0.25) is 0 Å². The van der Waals surface area contributed by atoms with Crippen molar-refractivity contribution in [2.75, 3.05) is 5.73 Å². The molecule has 1 heterocycles. The molecule has 5 heteroatoms. The van der Waals surface area contributed by atoms with Gasteiger partial charge in [0.15, 0.2) is 5.82 Å². The molecule has 0 amide bonds. The van der Waals surface area contributed by atoms with E-state index in [0.29, 0.717) is 11.6 Å². The van der Waals surface area contributed by atoms with Crippen LogP contribution in [0.25, 0.3) is 11.4 Å². The molecule has 19 heavy (non-hydrogen) atoms. The minimum atomic E-state index is 0.638. The monoisotopic (exact) mass is 381 g/mol. The largest absolute Gasteiger partial charge is 0.383 e. The van der Waals surface area contributed by atoms with Crippen molar-refractivity contribution in [3.63, 3.8) is 0 Å². The average molecular weight is 383 g/mol. The molecule has 3 rings (SSSR count). The average Bonchev–Trinajstić information content (AvgIpc) is 2.42. The van der Waals surface area contributed by atoms with Gasteiger partial charge in [0.05, 0.1) is 0 Å². The van der Waals surface area contributed by atoms with Crippen LogP contribution in [0.5, 0.6) is 0 Å². The van der Waals surface area contributed by atoms with Crippen molar-refractivity contribution in [3.05, 3.63) is 38.4 Å². The Hall–Kier alpha value is -0.940. The molecule has 1 aliphatic carbocycles. The fourth-order valence-electron chi connectivity index (χ4n) is 2.39. The summed E-state index contributed by atoms with van der Waals surface area (Å²) in [6.07, 6.45) is 4.38. The normalized spacial score (nSPS) is 14.2. The van der Waals surface area contributed by atoms with Crippen LogP contribution in [-0.4, -0.2) is 9.97 Å². The predicted octanol–water partition coefficient (Wildman–Crippen LogP) is 4.13. The first-order valence-electron chi connectivity index (χ1n) is 6.26. The Morgan fingerprint density at radius 3 is 2.58 bits per heavy atom. The molecular weight excluding hydrogens is 370 g/mol. The minimum absolute atomic E-state index is 0.638. The van der Waals surface area contributed by atoms with Crippen LogP contribution in [0.1, 0.15) is 24.1 Å². The molecule has 0 radical (unpaired) electrons. The fraction of sp³-hybridized carbons (Fsp3) is 0.286. The second-order valence-corrected chi connectivity index (χ2v) is 6.40. The van der Waals surface area contributed by atoms with Crippen LogP contribution in [0.15, 0.2) is 27.1 Å². The van der Waals surface area contributed by atoms with E-state index in [4.69, 9.17) is 5.73 Å². The number of hydrogen-bond donors (Lipinski definition) is 1. The maximum atomic E-state index is 6.08. The van der Waals surface area contributed by atoms with Gasteiger partial charge in [-0.15, -0.1) is 0 Å². The van der Waals surface area contributed by atoms with E-state index in [1.807, 2.05) is 18.2 Å². The van der Waals surface area contributed by atoms with E-state index in [2.05, 4.69) is 41.8 Å². The van der Waals surface area contributed by atoms with E-state index in [1.165, 1.54) is 12.8 Å². The van der Waals surface area contributed by atoms with Crippen molar-refractivity contribution in [2.24, 2.45) is 0 Å². The summed E-state index contributed by atoms with van der Waals surface area (Å²) in [5, 5.41) is 0. The highest BCUT2D eigenvalue weighted by molar-refractivity contribution is 9.13. The molecule has 0 unspecified atom stereocenters. The second-order valence-electron chi connectivity index (χ2n) is 4.69. The van der Waals surface area contributed by atoms with Gasteiger partial charge < -0.3 is 5.73 Å². The molecule has 0 bridgehead atoms. The Labute approximate surface area is 128 Å². The molecule has 2 N–H and O–H groups in total. The van der Waals surface area contributed by atoms with Gasteiger partial charge in [-0.3, -0.25) is 0 Å². The highest BCUT2D eigenvalue weighted by atomic mass is 79.9. The maximum absolute atomic E-state index is 6.08. The number of nitrogens with zero attached hydrogens (tertiary/aromatic N) is 2. The summed E-state index contributed by atoms with van der Waals surface area (Å²) in [6.45, 7) is 0. The first-order chi connectivity index (χ1) is 9.15. The molecule has 1 aromatic carbocycles. The van der Waals surface area contributed by atoms with Crippen molar-refractivity contribution < 1.29 is 0 Å². The topological polar surface area (TPSA) is 51.8 Å². The molecule has 0 saturated carbocycles. The van der Waals surface area contributed by atoms with Crippen LogP contribution >= 0.6 is 31.9 Å². The summed E-state index contributed by atoms with van der Waals surface area (Å²) < 4.78 is 2.01. The van der Waals surface area contributed by atoms with Crippen molar-refractivity contribution in [1.82, 2.24) is 9.97 Å². The van der Waals surface area contributed by atoms with Gasteiger partial charge >= 0.3 is 0 Å². The molecule has 0 fully saturated rings. The molecule has 0 spiro atoms. The number of rotatable bonds is 1. The Bertz CT molecular complexity index is 641. The van der Waals surface area contributed by atoms with Gasteiger partial charge in [-0.1, -0.05) is 0 Å². The lowest BCUT2D eigenvalue weighted by Gasteiger charge is -2.17. The van der Waals surface area contributed by atoms with Gasteiger partial charge in [-0.05, 0) is 75.7 Å². The molecule has 98 valence electrons. The lowest BCUT2D eigenvalue weighted by Crippen LogP contribution is -2.11. The summed E-state index contributed by atoms with van der Waals surface area (Å²) in [5.74, 6) is 1.35. The van der Waals surface area contributed by atoms with E-state index < -0.39 is 0 Å². The number of benzene rings is 1. The smallest absolute Gasteiger partial charge is 0.161 e. The van der Waals surface area contributed by atoms with E-state index >= 15 is 0 Å². The van der Waals surface area contributed by atoms with Crippen LogP contribution in [0.3, 0.4) is 0 Å². The third-order valence-corrected chi connectivity index (χ3v) is 5.27. The van der Waals surface area contributed by atoms with E-state index in [-0.39, 0.29) is 0 Å². The van der Waals surface area contributed by atoms with Crippen LogP contribution < -0.4 is 5.73 Å². The summed E-state index contributed by atoms with van der Waals surface area (Å²) in [7, 11) is 0. The second kappa shape index (κ2) is 5.21. The van der Waals surface area contributed by atoms with E-state index in [9.17, 15) is 0 Å². The van der Waals surface area contributed by atoms with Gasteiger partial charge in [-0.2, -0.15) is 0 Å². The van der Waals surface area contributed by atoms with Crippen LogP contribution in [0, 0.1) is 0 Å². The Kier molecular flexibility index (Phi) is 3.58. The van der Waals surface area contributed by atoms with E-state index in [1.54, 1.807) is 0 Å². The van der Waals surface area contributed by atoms with Gasteiger partial charge in [0, 0.05) is 25.8 Å². The van der Waals surface area contributed by atoms with Crippen molar-refractivity contribution in [1.29, 1.82) is 0 Å².